The third-order valence-electron chi connectivity index (χ3n) is 4.41. The number of nitrogens with one attached hydrogen (secondary N) is 1. The maximum absolute atomic E-state index is 12.7. The summed E-state index contributed by atoms with van der Waals surface area (Å²) in [6.45, 7) is 0.646. The van der Waals surface area contributed by atoms with E-state index in [2.05, 4.69) is 5.32 Å². The van der Waals surface area contributed by atoms with Crippen LogP contribution in [0.3, 0.4) is 0 Å². The van der Waals surface area contributed by atoms with Gasteiger partial charge in [-0.1, -0.05) is 54.1 Å². The summed E-state index contributed by atoms with van der Waals surface area (Å²) in [4.78, 5) is 39.0. The van der Waals surface area contributed by atoms with Crippen molar-refractivity contribution < 1.29 is 14.4 Å². The van der Waals surface area contributed by atoms with Crippen molar-refractivity contribution >= 4 is 29.3 Å². The van der Waals surface area contributed by atoms with E-state index in [1.165, 1.54) is 0 Å². The van der Waals surface area contributed by atoms with Gasteiger partial charge in [-0.15, -0.1) is 0 Å². The largest absolute Gasteiger partial charge is 0.351 e. The van der Waals surface area contributed by atoms with E-state index in [1.807, 2.05) is 30.3 Å². The van der Waals surface area contributed by atoms with Crippen molar-refractivity contribution in [3.63, 3.8) is 0 Å². The molecule has 0 spiro atoms. The highest BCUT2D eigenvalue weighted by Crippen LogP contribution is 2.23. The van der Waals surface area contributed by atoms with Crippen LogP contribution in [0.15, 0.2) is 54.6 Å². The van der Waals surface area contributed by atoms with Crippen LogP contribution in [0.1, 0.15) is 28.8 Å². The summed E-state index contributed by atoms with van der Waals surface area (Å²) >= 11 is 6.06. The van der Waals surface area contributed by atoms with Crippen LogP contribution in [0.5, 0.6) is 0 Å². The third-order valence-corrected chi connectivity index (χ3v) is 4.74. The van der Waals surface area contributed by atoms with E-state index in [0.29, 0.717) is 31.0 Å². The summed E-state index contributed by atoms with van der Waals surface area (Å²) in [5.74, 6) is -2.12. The predicted octanol–water partition coefficient (Wildman–Crippen LogP) is 3.04. The first kappa shape index (κ1) is 18.1. The number of likely N-dealkylation sites (tertiary alicyclic amines) is 1. The third kappa shape index (κ3) is 3.94. The summed E-state index contributed by atoms with van der Waals surface area (Å²) in [5, 5.41) is 3.08. The van der Waals surface area contributed by atoms with Gasteiger partial charge in [-0.05, 0) is 30.5 Å². The topological polar surface area (TPSA) is 66.5 Å². The number of benzene rings is 2. The highest BCUT2D eigenvalue weighted by atomic mass is 35.5. The molecule has 26 heavy (non-hydrogen) atoms. The van der Waals surface area contributed by atoms with Crippen LogP contribution in [-0.4, -0.2) is 29.2 Å². The van der Waals surface area contributed by atoms with Gasteiger partial charge in [0.15, 0.2) is 0 Å². The quantitative estimate of drug-likeness (QED) is 0.664. The average molecular weight is 371 g/mol. The lowest BCUT2D eigenvalue weighted by Crippen LogP contribution is -2.49. The Kier molecular flexibility index (Phi) is 5.68. The number of carbonyl (C=O) groups excluding carboxylic acids is 3. The minimum atomic E-state index is -0.848. The molecule has 5 nitrogen and oxygen atoms in total. The fourth-order valence-corrected chi connectivity index (χ4v) is 3.23. The molecule has 1 aliphatic rings. The molecule has 1 fully saturated rings. The normalized spacial score (nSPS) is 17.0. The Morgan fingerprint density at radius 1 is 1.08 bits per heavy atom. The van der Waals surface area contributed by atoms with Gasteiger partial charge >= 0.3 is 0 Å². The molecule has 6 heteroatoms. The summed E-state index contributed by atoms with van der Waals surface area (Å²) in [6.07, 6.45) is 1.02. The Morgan fingerprint density at radius 2 is 1.77 bits per heavy atom. The summed E-state index contributed by atoms with van der Waals surface area (Å²) < 4.78 is 0. The van der Waals surface area contributed by atoms with Gasteiger partial charge in [0.1, 0.15) is 5.92 Å². The molecule has 0 radical (unpaired) electrons. The van der Waals surface area contributed by atoms with Crippen molar-refractivity contribution in [3.8, 4) is 0 Å². The lowest BCUT2D eigenvalue weighted by molar-refractivity contribution is -0.142. The van der Waals surface area contributed by atoms with E-state index in [4.69, 9.17) is 11.6 Å². The van der Waals surface area contributed by atoms with Crippen molar-refractivity contribution in [1.82, 2.24) is 10.2 Å². The maximum atomic E-state index is 12.7. The molecule has 0 bridgehead atoms. The fourth-order valence-electron chi connectivity index (χ4n) is 3.01. The van der Waals surface area contributed by atoms with Gasteiger partial charge in [0.25, 0.3) is 5.91 Å². The van der Waals surface area contributed by atoms with Crippen LogP contribution in [0, 0.1) is 5.92 Å². The van der Waals surface area contributed by atoms with Crippen molar-refractivity contribution in [2.24, 2.45) is 5.92 Å². The highest BCUT2D eigenvalue weighted by Gasteiger charge is 2.37. The number of imide groups is 1. The minimum Gasteiger partial charge on any atom is -0.351 e. The second-order valence-corrected chi connectivity index (χ2v) is 6.58. The van der Waals surface area contributed by atoms with Crippen LogP contribution in [0.4, 0.5) is 0 Å². The molecule has 3 amide bonds. The molecule has 0 saturated carbocycles. The first-order valence-electron chi connectivity index (χ1n) is 8.50. The second-order valence-electron chi connectivity index (χ2n) is 6.17. The van der Waals surface area contributed by atoms with Crippen LogP contribution in [0.25, 0.3) is 0 Å². The number of hydrogen-bond acceptors (Lipinski definition) is 3. The number of nitrogens with zero attached hydrogens (tertiary/aromatic N) is 1. The molecule has 1 atom stereocenters. The Balaban J connectivity index is 1.68. The van der Waals surface area contributed by atoms with Gasteiger partial charge in [-0.25, -0.2) is 0 Å². The Morgan fingerprint density at radius 3 is 2.50 bits per heavy atom. The number of hydrogen-bond donors (Lipinski definition) is 1. The Labute approximate surface area is 156 Å². The molecule has 0 aromatic heterocycles. The molecule has 1 saturated heterocycles. The van der Waals surface area contributed by atoms with Gasteiger partial charge in [0.05, 0.1) is 10.6 Å². The van der Waals surface area contributed by atoms with E-state index in [9.17, 15) is 14.4 Å². The monoisotopic (exact) mass is 370 g/mol. The number of amides is 3. The molecule has 2 aromatic carbocycles. The Hall–Kier alpha value is -2.66. The van der Waals surface area contributed by atoms with Gasteiger partial charge in [0.2, 0.25) is 11.8 Å². The highest BCUT2D eigenvalue weighted by molar-refractivity contribution is 6.34. The van der Waals surface area contributed by atoms with Crippen molar-refractivity contribution in [3.05, 3.63) is 70.7 Å². The average Bonchev–Trinajstić information content (AvgIpc) is 2.67. The maximum Gasteiger partial charge on any atom is 0.261 e. The molecule has 1 N–H and O–H groups in total. The van der Waals surface area contributed by atoms with E-state index in [0.717, 1.165) is 10.5 Å². The SMILES string of the molecule is O=C(NCc1ccccc1)C1CCCN(C(=O)c2ccccc2Cl)C1=O. The first-order valence-corrected chi connectivity index (χ1v) is 8.87. The van der Waals surface area contributed by atoms with Gasteiger partial charge in [0, 0.05) is 13.1 Å². The van der Waals surface area contributed by atoms with Crippen molar-refractivity contribution in [2.45, 2.75) is 19.4 Å². The van der Waals surface area contributed by atoms with Crippen LogP contribution in [0.2, 0.25) is 5.02 Å². The molecule has 134 valence electrons. The standard InChI is InChI=1S/C20H19ClN2O3/c21-17-11-5-4-9-15(17)19(25)23-12-6-10-16(20(23)26)18(24)22-13-14-7-2-1-3-8-14/h1-5,7-9,11,16H,6,10,12-13H2,(H,22,24). The van der Waals surface area contributed by atoms with E-state index >= 15 is 0 Å². The lowest BCUT2D eigenvalue weighted by atomic mass is 9.95. The molecule has 1 aliphatic heterocycles. The van der Waals surface area contributed by atoms with E-state index < -0.39 is 17.7 Å². The minimum absolute atomic E-state index is 0.271. The van der Waals surface area contributed by atoms with Gasteiger partial charge in [-0.3, -0.25) is 19.3 Å². The summed E-state index contributed by atoms with van der Waals surface area (Å²) in [5.41, 5.74) is 1.22. The number of halogens is 1. The molecular weight excluding hydrogens is 352 g/mol. The second kappa shape index (κ2) is 8.15. The van der Waals surface area contributed by atoms with Crippen LogP contribution in [-0.2, 0) is 16.1 Å². The summed E-state index contributed by atoms with van der Waals surface area (Å²) in [7, 11) is 0. The molecular formula is C20H19ClN2O3. The van der Waals surface area contributed by atoms with Crippen molar-refractivity contribution in [1.29, 1.82) is 0 Å². The van der Waals surface area contributed by atoms with Crippen molar-refractivity contribution in [2.75, 3.05) is 6.54 Å². The molecule has 0 aliphatic carbocycles. The summed E-state index contributed by atoms with van der Waals surface area (Å²) in [6, 6.07) is 16.1. The first-order chi connectivity index (χ1) is 12.6. The smallest absolute Gasteiger partial charge is 0.261 e. The molecule has 2 aromatic rings. The van der Waals surface area contributed by atoms with Crippen LogP contribution < -0.4 is 5.32 Å². The zero-order valence-corrected chi connectivity index (χ0v) is 14.9. The van der Waals surface area contributed by atoms with Gasteiger partial charge in [-0.2, -0.15) is 0 Å². The zero-order valence-electron chi connectivity index (χ0n) is 14.2. The number of rotatable bonds is 4. The molecule has 1 unspecified atom stereocenters. The predicted molar refractivity (Wildman–Crippen MR) is 98.5 cm³/mol. The van der Waals surface area contributed by atoms with E-state index in [1.54, 1.807) is 24.3 Å². The number of piperidine rings is 1. The Bertz CT molecular complexity index is 823. The van der Waals surface area contributed by atoms with Gasteiger partial charge < -0.3 is 5.32 Å². The van der Waals surface area contributed by atoms with Crippen LogP contribution >= 0.6 is 11.6 Å². The lowest BCUT2D eigenvalue weighted by Gasteiger charge is -2.30. The number of carbonyl (C=O) groups is 3. The molecule has 3 rings (SSSR count). The molecule has 1 heterocycles. The zero-order chi connectivity index (χ0) is 18.5. The van der Waals surface area contributed by atoms with E-state index in [-0.39, 0.29) is 11.5 Å². The fraction of sp³-hybridized carbons (Fsp3) is 0.250.